The summed E-state index contributed by atoms with van der Waals surface area (Å²) in [7, 11) is 0. The van der Waals surface area contributed by atoms with Gasteiger partial charge in [0.25, 0.3) is 0 Å². The Hall–Kier alpha value is -0.280. The number of hydrogen-bond donors (Lipinski definition) is 1. The molecule has 2 fully saturated rings. The second-order valence-electron chi connectivity index (χ2n) is 4.87. The minimum atomic E-state index is 0. The number of halogens is 1. The minimum absolute atomic E-state index is 0. The molecule has 1 heterocycles. The first kappa shape index (κ1) is 13.8. The van der Waals surface area contributed by atoms with E-state index in [0.717, 1.165) is 25.4 Å². The summed E-state index contributed by atoms with van der Waals surface area (Å²) in [6.07, 6.45) is 6.19. The molecular formula is C12H23ClN2O. The van der Waals surface area contributed by atoms with Gasteiger partial charge in [-0.3, -0.25) is 4.79 Å². The van der Waals surface area contributed by atoms with Crippen molar-refractivity contribution < 1.29 is 4.79 Å². The highest BCUT2D eigenvalue weighted by Crippen LogP contribution is 2.27. The largest absolute Gasteiger partial charge is 0.339 e. The number of rotatable bonds is 5. The molecule has 1 amide bonds. The van der Waals surface area contributed by atoms with Gasteiger partial charge in [-0.15, -0.1) is 12.4 Å². The molecule has 2 rings (SSSR count). The molecule has 0 aromatic heterocycles. The van der Waals surface area contributed by atoms with Gasteiger partial charge in [-0.2, -0.15) is 0 Å². The van der Waals surface area contributed by atoms with Gasteiger partial charge in [0.2, 0.25) is 5.91 Å². The van der Waals surface area contributed by atoms with E-state index < -0.39 is 0 Å². The van der Waals surface area contributed by atoms with E-state index in [9.17, 15) is 4.79 Å². The molecule has 1 atom stereocenters. The molecule has 0 spiro atoms. The predicted octanol–water partition coefficient (Wildman–Crippen LogP) is 1.81. The number of nitrogens with one attached hydrogen (secondary N) is 1. The minimum Gasteiger partial charge on any atom is -0.339 e. The zero-order valence-corrected chi connectivity index (χ0v) is 10.9. The number of carbonyl (C=O) groups excluding carboxylic acids is 1. The summed E-state index contributed by atoms with van der Waals surface area (Å²) in [4.78, 5) is 13.9. The third kappa shape index (κ3) is 3.63. The third-order valence-corrected chi connectivity index (χ3v) is 3.57. The fraction of sp³-hybridized carbons (Fsp3) is 0.917. The van der Waals surface area contributed by atoms with Gasteiger partial charge >= 0.3 is 0 Å². The van der Waals surface area contributed by atoms with Crippen molar-refractivity contribution in [3.05, 3.63) is 0 Å². The van der Waals surface area contributed by atoms with E-state index in [-0.39, 0.29) is 12.4 Å². The molecule has 16 heavy (non-hydrogen) atoms. The maximum atomic E-state index is 11.9. The van der Waals surface area contributed by atoms with Gasteiger partial charge in [0.1, 0.15) is 0 Å². The molecule has 0 radical (unpaired) electrons. The molecule has 4 heteroatoms. The Morgan fingerprint density at radius 3 is 2.75 bits per heavy atom. The van der Waals surface area contributed by atoms with Crippen molar-refractivity contribution in [3.8, 4) is 0 Å². The third-order valence-electron chi connectivity index (χ3n) is 3.57. The highest BCUT2D eigenvalue weighted by Gasteiger charge is 2.27. The number of hydrogen-bond acceptors (Lipinski definition) is 2. The van der Waals surface area contributed by atoms with Crippen molar-refractivity contribution >= 4 is 18.3 Å². The topological polar surface area (TPSA) is 32.3 Å². The molecule has 0 aromatic carbocycles. The van der Waals surface area contributed by atoms with Crippen LogP contribution in [0.4, 0.5) is 0 Å². The lowest BCUT2D eigenvalue weighted by Crippen LogP contribution is -2.41. The molecule has 1 aliphatic carbocycles. The zero-order chi connectivity index (χ0) is 10.7. The lowest BCUT2D eigenvalue weighted by atomic mass is 10.2. The molecule has 1 saturated carbocycles. The van der Waals surface area contributed by atoms with Crippen LogP contribution in [-0.2, 0) is 4.79 Å². The molecular weight excluding hydrogens is 224 g/mol. The van der Waals surface area contributed by atoms with Crippen molar-refractivity contribution in [2.75, 3.05) is 19.6 Å². The SMILES string of the molecule is CCC1CCCN1C(=O)CNCC1CC1.Cl. The molecule has 1 aliphatic heterocycles. The molecule has 1 N–H and O–H groups in total. The Labute approximate surface area is 104 Å². The Morgan fingerprint density at radius 1 is 1.38 bits per heavy atom. The number of likely N-dealkylation sites (tertiary alicyclic amines) is 1. The van der Waals surface area contributed by atoms with Crippen LogP contribution in [-0.4, -0.2) is 36.5 Å². The highest BCUT2D eigenvalue weighted by molar-refractivity contribution is 5.85. The van der Waals surface area contributed by atoms with Crippen LogP contribution >= 0.6 is 12.4 Å². The highest BCUT2D eigenvalue weighted by atomic mass is 35.5. The summed E-state index contributed by atoms with van der Waals surface area (Å²) < 4.78 is 0. The van der Waals surface area contributed by atoms with Crippen molar-refractivity contribution in [1.29, 1.82) is 0 Å². The quantitative estimate of drug-likeness (QED) is 0.803. The average molecular weight is 247 g/mol. The Kier molecular flexibility index (Phi) is 5.56. The summed E-state index contributed by atoms with van der Waals surface area (Å²) in [5, 5.41) is 3.28. The first-order valence-corrected chi connectivity index (χ1v) is 6.31. The van der Waals surface area contributed by atoms with Gasteiger partial charge in [-0.05, 0) is 44.6 Å². The predicted molar refractivity (Wildman–Crippen MR) is 67.9 cm³/mol. The van der Waals surface area contributed by atoms with Gasteiger partial charge in [0, 0.05) is 12.6 Å². The summed E-state index contributed by atoms with van der Waals surface area (Å²) in [5.41, 5.74) is 0. The van der Waals surface area contributed by atoms with Crippen molar-refractivity contribution in [3.63, 3.8) is 0 Å². The average Bonchev–Trinajstić information content (AvgIpc) is 2.94. The molecule has 3 nitrogen and oxygen atoms in total. The maximum absolute atomic E-state index is 11.9. The van der Waals surface area contributed by atoms with Crippen molar-refractivity contribution in [1.82, 2.24) is 10.2 Å². The van der Waals surface area contributed by atoms with E-state index in [1.54, 1.807) is 0 Å². The van der Waals surface area contributed by atoms with Gasteiger partial charge in [-0.1, -0.05) is 6.92 Å². The first-order chi connectivity index (χ1) is 7.31. The Balaban J connectivity index is 0.00000128. The number of carbonyl (C=O) groups is 1. The molecule has 1 saturated heterocycles. The van der Waals surface area contributed by atoms with Crippen LogP contribution in [0, 0.1) is 5.92 Å². The smallest absolute Gasteiger partial charge is 0.236 e. The van der Waals surface area contributed by atoms with Crippen LogP contribution in [0.15, 0.2) is 0 Å². The maximum Gasteiger partial charge on any atom is 0.236 e. The Morgan fingerprint density at radius 2 is 2.12 bits per heavy atom. The van der Waals surface area contributed by atoms with E-state index in [1.807, 2.05) is 0 Å². The van der Waals surface area contributed by atoms with Gasteiger partial charge in [-0.25, -0.2) is 0 Å². The molecule has 2 aliphatic rings. The van der Waals surface area contributed by atoms with Crippen molar-refractivity contribution in [2.24, 2.45) is 5.92 Å². The van der Waals surface area contributed by atoms with Crippen molar-refractivity contribution in [2.45, 2.75) is 45.1 Å². The second kappa shape index (κ2) is 6.45. The van der Waals surface area contributed by atoms with E-state index >= 15 is 0 Å². The van der Waals surface area contributed by atoms with Crippen LogP contribution in [0.3, 0.4) is 0 Å². The summed E-state index contributed by atoms with van der Waals surface area (Å²) >= 11 is 0. The van der Waals surface area contributed by atoms with Crippen LogP contribution in [0.2, 0.25) is 0 Å². The monoisotopic (exact) mass is 246 g/mol. The first-order valence-electron chi connectivity index (χ1n) is 6.31. The molecule has 0 bridgehead atoms. The van der Waals surface area contributed by atoms with E-state index in [0.29, 0.717) is 18.5 Å². The second-order valence-corrected chi connectivity index (χ2v) is 4.87. The summed E-state index contributed by atoms with van der Waals surface area (Å²) in [6, 6.07) is 0.514. The molecule has 0 aromatic rings. The zero-order valence-electron chi connectivity index (χ0n) is 10.1. The van der Waals surface area contributed by atoms with Crippen LogP contribution in [0.25, 0.3) is 0 Å². The van der Waals surface area contributed by atoms with E-state index in [4.69, 9.17) is 0 Å². The normalized spacial score (nSPS) is 24.3. The molecule has 94 valence electrons. The fourth-order valence-electron chi connectivity index (χ4n) is 2.40. The summed E-state index contributed by atoms with van der Waals surface area (Å²) in [6.45, 7) is 4.74. The number of nitrogens with zero attached hydrogens (tertiary/aromatic N) is 1. The van der Waals surface area contributed by atoms with Crippen LogP contribution in [0.1, 0.15) is 39.0 Å². The van der Waals surface area contributed by atoms with Crippen LogP contribution in [0.5, 0.6) is 0 Å². The fourth-order valence-corrected chi connectivity index (χ4v) is 2.40. The van der Waals surface area contributed by atoms with Gasteiger partial charge in [0.05, 0.1) is 6.54 Å². The lowest BCUT2D eigenvalue weighted by Gasteiger charge is -2.23. The van der Waals surface area contributed by atoms with Gasteiger partial charge < -0.3 is 10.2 Å². The lowest BCUT2D eigenvalue weighted by molar-refractivity contribution is -0.131. The summed E-state index contributed by atoms with van der Waals surface area (Å²) in [5.74, 6) is 1.17. The standard InChI is InChI=1S/C12H22N2O.ClH/c1-2-11-4-3-7-14(11)12(15)9-13-8-10-5-6-10;/h10-11,13H,2-9H2,1H3;1H. The Bertz CT molecular complexity index is 231. The number of amides is 1. The van der Waals surface area contributed by atoms with E-state index in [1.165, 1.54) is 25.7 Å². The van der Waals surface area contributed by atoms with Crippen LogP contribution < -0.4 is 5.32 Å². The molecule has 1 unspecified atom stereocenters. The van der Waals surface area contributed by atoms with Gasteiger partial charge in [0.15, 0.2) is 0 Å². The van der Waals surface area contributed by atoms with E-state index in [2.05, 4.69) is 17.1 Å².